The average Bonchev–Trinajstić information content (AvgIpc) is 2.76. The summed E-state index contributed by atoms with van der Waals surface area (Å²) in [7, 11) is 0. The van der Waals surface area contributed by atoms with Crippen molar-refractivity contribution in [3.8, 4) is 0 Å². The maximum atomic E-state index is 12.1. The van der Waals surface area contributed by atoms with Gasteiger partial charge in [-0.3, -0.25) is 4.79 Å². The zero-order valence-corrected chi connectivity index (χ0v) is 13.0. The zero-order chi connectivity index (χ0) is 15.6. The largest absolute Gasteiger partial charge is 0.476 e. The van der Waals surface area contributed by atoms with Crippen molar-refractivity contribution < 1.29 is 14.7 Å². The molecule has 1 rings (SSSR count). The lowest BCUT2D eigenvalue weighted by atomic mass is 9.74. The maximum absolute atomic E-state index is 12.1. The first-order chi connectivity index (χ1) is 9.05. The molecule has 0 atom stereocenters. The second-order valence-corrected chi connectivity index (χ2v) is 6.73. The molecule has 0 aromatic carbocycles. The number of aromatic carboxylic acids is 1. The first kappa shape index (κ1) is 16.6. The van der Waals surface area contributed by atoms with Crippen LogP contribution in [0.25, 0.3) is 0 Å². The van der Waals surface area contributed by atoms with E-state index in [0.29, 0.717) is 18.0 Å². The Balaban J connectivity index is 2.52. The minimum atomic E-state index is -1.04. The molecule has 0 fully saturated rings. The third-order valence-corrected chi connectivity index (χ3v) is 4.48. The number of nitrogens with two attached hydrogens (primary N) is 1. The molecule has 112 valence electrons. The van der Waals surface area contributed by atoms with Gasteiger partial charge in [-0.1, -0.05) is 0 Å². The van der Waals surface area contributed by atoms with E-state index in [1.165, 1.54) is 16.7 Å². The highest BCUT2D eigenvalue weighted by Gasteiger charge is 2.40. The molecule has 0 unspecified atom stereocenters. The lowest BCUT2D eigenvalue weighted by molar-refractivity contribution is -0.132. The van der Waals surface area contributed by atoms with Gasteiger partial charge in [0.15, 0.2) is 5.69 Å². The van der Waals surface area contributed by atoms with Gasteiger partial charge in [-0.15, -0.1) is 11.3 Å². The first-order valence-corrected chi connectivity index (χ1v) is 7.18. The number of nitrogens with zero attached hydrogens (tertiary/aromatic N) is 1. The van der Waals surface area contributed by atoms with Crippen LogP contribution in [0.15, 0.2) is 5.38 Å². The molecule has 0 bridgehead atoms. The summed E-state index contributed by atoms with van der Waals surface area (Å²) in [6.07, 6.45) is 0.505. The van der Waals surface area contributed by atoms with E-state index in [1.807, 2.05) is 13.8 Å². The number of amides is 1. The number of rotatable bonds is 6. The number of carbonyl (C=O) groups excluding carboxylic acids is 1. The molecule has 1 aromatic rings. The van der Waals surface area contributed by atoms with E-state index >= 15 is 0 Å². The molecule has 4 N–H and O–H groups in total. The quantitative estimate of drug-likeness (QED) is 0.733. The Labute approximate surface area is 122 Å². The van der Waals surface area contributed by atoms with Crippen LogP contribution in [0.5, 0.6) is 0 Å². The summed E-state index contributed by atoms with van der Waals surface area (Å²) in [5.74, 6) is -1.16. The van der Waals surface area contributed by atoms with Gasteiger partial charge >= 0.3 is 5.97 Å². The van der Waals surface area contributed by atoms with Crippen molar-refractivity contribution in [3.63, 3.8) is 0 Å². The molecule has 0 saturated carbocycles. The molecule has 0 aliphatic carbocycles. The van der Waals surface area contributed by atoms with Crippen LogP contribution in [0.4, 0.5) is 0 Å². The molecule has 1 amide bonds. The van der Waals surface area contributed by atoms with Crippen molar-refractivity contribution in [1.29, 1.82) is 0 Å². The predicted octanol–water partition coefficient (Wildman–Crippen LogP) is 1.26. The normalized spacial score (nSPS) is 12.2. The fourth-order valence-electron chi connectivity index (χ4n) is 1.32. The standard InChI is InChI=1S/C13H21N3O3S/c1-12(2,13(3,4)14)11(19)15-6-5-9-16-8(7-20-9)10(17)18/h7H,5-6,14H2,1-4H3,(H,15,19)(H,17,18). The van der Waals surface area contributed by atoms with E-state index in [0.717, 1.165) is 0 Å². The Bertz CT molecular complexity index is 503. The number of carbonyl (C=O) groups is 2. The van der Waals surface area contributed by atoms with Crippen LogP contribution in [-0.4, -0.2) is 34.1 Å². The number of thiazole rings is 1. The predicted molar refractivity (Wildman–Crippen MR) is 77.8 cm³/mol. The molecular formula is C13H21N3O3S. The Morgan fingerprint density at radius 1 is 1.40 bits per heavy atom. The van der Waals surface area contributed by atoms with Gasteiger partial charge in [0, 0.05) is 23.9 Å². The molecule has 0 aliphatic rings. The number of carboxylic acid groups (broad SMARTS) is 1. The van der Waals surface area contributed by atoms with E-state index in [1.54, 1.807) is 13.8 Å². The summed E-state index contributed by atoms with van der Waals surface area (Å²) < 4.78 is 0. The summed E-state index contributed by atoms with van der Waals surface area (Å²) >= 11 is 1.27. The fourth-order valence-corrected chi connectivity index (χ4v) is 2.09. The molecule has 6 nitrogen and oxygen atoms in total. The Morgan fingerprint density at radius 3 is 2.45 bits per heavy atom. The number of hydrogen-bond donors (Lipinski definition) is 3. The Morgan fingerprint density at radius 2 is 2.00 bits per heavy atom. The number of nitrogens with one attached hydrogen (secondary N) is 1. The average molecular weight is 299 g/mol. The second kappa shape index (κ2) is 5.88. The van der Waals surface area contributed by atoms with Crippen molar-refractivity contribution in [2.45, 2.75) is 39.7 Å². The third kappa shape index (κ3) is 3.77. The summed E-state index contributed by atoms with van der Waals surface area (Å²) in [5.41, 5.74) is 4.72. The number of aromatic nitrogens is 1. The highest BCUT2D eigenvalue weighted by Crippen LogP contribution is 2.28. The summed E-state index contributed by atoms with van der Waals surface area (Å²) in [6, 6.07) is 0. The van der Waals surface area contributed by atoms with E-state index < -0.39 is 16.9 Å². The van der Waals surface area contributed by atoms with E-state index in [9.17, 15) is 9.59 Å². The Hall–Kier alpha value is -1.47. The molecule has 1 aromatic heterocycles. The van der Waals surface area contributed by atoms with Gasteiger partial charge in [-0.25, -0.2) is 9.78 Å². The maximum Gasteiger partial charge on any atom is 0.355 e. The highest BCUT2D eigenvalue weighted by molar-refractivity contribution is 7.09. The van der Waals surface area contributed by atoms with Crippen LogP contribution in [0.3, 0.4) is 0 Å². The fraction of sp³-hybridized carbons (Fsp3) is 0.615. The van der Waals surface area contributed by atoms with Gasteiger partial charge < -0.3 is 16.2 Å². The monoisotopic (exact) mass is 299 g/mol. The van der Waals surface area contributed by atoms with Crippen molar-refractivity contribution in [1.82, 2.24) is 10.3 Å². The van der Waals surface area contributed by atoms with Gasteiger partial charge in [0.25, 0.3) is 0 Å². The van der Waals surface area contributed by atoms with Crippen molar-refractivity contribution in [2.75, 3.05) is 6.54 Å². The smallest absolute Gasteiger partial charge is 0.355 e. The molecule has 20 heavy (non-hydrogen) atoms. The van der Waals surface area contributed by atoms with Gasteiger partial charge in [-0.05, 0) is 27.7 Å². The second-order valence-electron chi connectivity index (χ2n) is 5.78. The highest BCUT2D eigenvalue weighted by atomic mass is 32.1. The van der Waals surface area contributed by atoms with E-state index in [4.69, 9.17) is 10.8 Å². The SMILES string of the molecule is CC(C)(N)C(C)(C)C(=O)NCCc1nc(C(=O)O)cs1. The number of hydrogen-bond acceptors (Lipinski definition) is 5. The molecule has 7 heteroatoms. The minimum Gasteiger partial charge on any atom is -0.476 e. The minimum absolute atomic E-state index is 0.0414. The zero-order valence-electron chi connectivity index (χ0n) is 12.2. The summed E-state index contributed by atoms with van der Waals surface area (Å²) in [5, 5.41) is 13.8. The van der Waals surface area contributed by atoms with Crippen LogP contribution >= 0.6 is 11.3 Å². The number of carboxylic acids is 1. The van der Waals surface area contributed by atoms with Crippen LogP contribution in [-0.2, 0) is 11.2 Å². The topological polar surface area (TPSA) is 105 Å². The summed E-state index contributed by atoms with van der Waals surface area (Å²) in [6.45, 7) is 7.63. The van der Waals surface area contributed by atoms with Gasteiger partial charge in [-0.2, -0.15) is 0 Å². The van der Waals surface area contributed by atoms with Gasteiger partial charge in [0.05, 0.1) is 10.4 Å². The van der Waals surface area contributed by atoms with Gasteiger partial charge in [0.1, 0.15) is 0 Å². The van der Waals surface area contributed by atoms with Gasteiger partial charge in [0.2, 0.25) is 5.91 Å². The molecule has 0 radical (unpaired) electrons. The van der Waals surface area contributed by atoms with Crippen molar-refractivity contribution in [2.24, 2.45) is 11.1 Å². The molecule has 0 saturated heterocycles. The van der Waals surface area contributed by atoms with Crippen LogP contribution in [0.1, 0.15) is 43.2 Å². The molecule has 0 aliphatic heterocycles. The van der Waals surface area contributed by atoms with Crippen LogP contribution in [0.2, 0.25) is 0 Å². The van der Waals surface area contributed by atoms with E-state index in [-0.39, 0.29) is 11.6 Å². The van der Waals surface area contributed by atoms with E-state index in [2.05, 4.69) is 10.3 Å². The van der Waals surface area contributed by atoms with Crippen molar-refractivity contribution in [3.05, 3.63) is 16.1 Å². The van der Waals surface area contributed by atoms with Crippen LogP contribution < -0.4 is 11.1 Å². The lowest BCUT2D eigenvalue weighted by Gasteiger charge is -2.36. The Kier molecular flexibility index (Phi) is 4.88. The summed E-state index contributed by atoms with van der Waals surface area (Å²) in [4.78, 5) is 26.8. The first-order valence-electron chi connectivity index (χ1n) is 6.30. The van der Waals surface area contributed by atoms with Crippen LogP contribution in [0, 0.1) is 5.41 Å². The third-order valence-electron chi connectivity index (χ3n) is 3.57. The lowest BCUT2D eigenvalue weighted by Crippen LogP contribution is -2.55. The molecular weight excluding hydrogens is 278 g/mol. The molecule has 0 spiro atoms. The van der Waals surface area contributed by atoms with Crippen molar-refractivity contribution >= 4 is 23.2 Å². The molecule has 1 heterocycles.